The fourth-order valence-corrected chi connectivity index (χ4v) is 3.06. The molecule has 0 saturated heterocycles. The first-order valence-corrected chi connectivity index (χ1v) is 7.44. The van der Waals surface area contributed by atoms with Crippen LogP contribution in [0.25, 0.3) is 0 Å². The SMILES string of the molecule is O=C(CSc1ccccc1F)NC1CCC(C(=O)O)C1. The van der Waals surface area contributed by atoms with E-state index in [2.05, 4.69) is 5.32 Å². The maximum atomic E-state index is 13.4. The molecule has 0 radical (unpaired) electrons. The molecule has 2 N–H and O–H groups in total. The van der Waals surface area contributed by atoms with Crippen LogP contribution in [0.1, 0.15) is 19.3 Å². The number of carbonyl (C=O) groups is 2. The van der Waals surface area contributed by atoms with E-state index in [1.54, 1.807) is 18.2 Å². The van der Waals surface area contributed by atoms with Crippen molar-refractivity contribution < 1.29 is 19.1 Å². The van der Waals surface area contributed by atoms with Gasteiger partial charge in [-0.3, -0.25) is 9.59 Å². The summed E-state index contributed by atoms with van der Waals surface area (Å²) < 4.78 is 13.4. The molecule has 6 heteroatoms. The zero-order chi connectivity index (χ0) is 14.5. The Hall–Kier alpha value is -1.56. The number of carbonyl (C=O) groups excluding carboxylic acids is 1. The average Bonchev–Trinajstić information content (AvgIpc) is 2.86. The Morgan fingerprint density at radius 1 is 1.35 bits per heavy atom. The number of aliphatic carboxylic acids is 1. The first-order chi connectivity index (χ1) is 9.56. The minimum absolute atomic E-state index is 0.0789. The number of benzene rings is 1. The van der Waals surface area contributed by atoms with Gasteiger partial charge in [0.05, 0.1) is 11.7 Å². The highest BCUT2D eigenvalue weighted by Crippen LogP contribution is 2.26. The Labute approximate surface area is 120 Å². The summed E-state index contributed by atoms with van der Waals surface area (Å²) in [5.41, 5.74) is 0. The number of thioether (sulfide) groups is 1. The van der Waals surface area contributed by atoms with Crippen LogP contribution >= 0.6 is 11.8 Å². The van der Waals surface area contributed by atoms with Gasteiger partial charge in [-0.2, -0.15) is 0 Å². The largest absolute Gasteiger partial charge is 0.481 e. The van der Waals surface area contributed by atoms with E-state index < -0.39 is 5.97 Å². The molecular formula is C14H16FNO3S. The van der Waals surface area contributed by atoms with Crippen molar-refractivity contribution in [3.05, 3.63) is 30.1 Å². The molecule has 0 heterocycles. The summed E-state index contributed by atoms with van der Waals surface area (Å²) >= 11 is 1.14. The lowest BCUT2D eigenvalue weighted by Gasteiger charge is -2.12. The second kappa shape index (κ2) is 6.74. The quantitative estimate of drug-likeness (QED) is 0.818. The molecule has 1 amide bonds. The molecule has 1 aliphatic carbocycles. The third-order valence-corrected chi connectivity index (χ3v) is 4.39. The molecule has 4 nitrogen and oxygen atoms in total. The van der Waals surface area contributed by atoms with Gasteiger partial charge >= 0.3 is 5.97 Å². The van der Waals surface area contributed by atoms with Crippen molar-refractivity contribution >= 4 is 23.6 Å². The zero-order valence-electron chi connectivity index (χ0n) is 10.8. The molecule has 108 valence electrons. The van der Waals surface area contributed by atoms with Gasteiger partial charge in [-0.25, -0.2) is 4.39 Å². The van der Waals surface area contributed by atoms with Crippen LogP contribution in [-0.2, 0) is 9.59 Å². The summed E-state index contributed by atoms with van der Waals surface area (Å²) in [6, 6.07) is 6.23. The number of carboxylic acid groups (broad SMARTS) is 1. The molecule has 1 fully saturated rings. The summed E-state index contributed by atoms with van der Waals surface area (Å²) in [7, 11) is 0. The van der Waals surface area contributed by atoms with Crippen molar-refractivity contribution in [1.82, 2.24) is 5.32 Å². The Morgan fingerprint density at radius 2 is 2.10 bits per heavy atom. The number of rotatable bonds is 5. The van der Waals surface area contributed by atoms with E-state index in [0.717, 1.165) is 11.8 Å². The van der Waals surface area contributed by atoms with E-state index in [1.165, 1.54) is 6.07 Å². The molecule has 2 atom stereocenters. The maximum Gasteiger partial charge on any atom is 0.306 e. The zero-order valence-corrected chi connectivity index (χ0v) is 11.7. The van der Waals surface area contributed by atoms with E-state index in [-0.39, 0.29) is 29.4 Å². The van der Waals surface area contributed by atoms with Crippen molar-refractivity contribution in [3.8, 4) is 0 Å². The molecule has 2 rings (SSSR count). The highest BCUT2D eigenvalue weighted by molar-refractivity contribution is 8.00. The van der Waals surface area contributed by atoms with E-state index in [4.69, 9.17) is 5.11 Å². The van der Waals surface area contributed by atoms with Crippen LogP contribution in [0.15, 0.2) is 29.2 Å². The summed E-state index contributed by atoms with van der Waals surface area (Å²) in [6.45, 7) is 0. The van der Waals surface area contributed by atoms with Crippen LogP contribution in [0.5, 0.6) is 0 Å². The van der Waals surface area contributed by atoms with Crippen LogP contribution in [0.3, 0.4) is 0 Å². The van der Waals surface area contributed by atoms with Gasteiger partial charge in [-0.1, -0.05) is 12.1 Å². The molecule has 0 bridgehead atoms. The second-order valence-corrected chi connectivity index (χ2v) is 5.85. The van der Waals surface area contributed by atoms with Gasteiger partial charge in [0, 0.05) is 10.9 Å². The highest BCUT2D eigenvalue weighted by atomic mass is 32.2. The minimum atomic E-state index is -0.803. The summed E-state index contributed by atoms with van der Waals surface area (Å²) in [4.78, 5) is 23.0. The van der Waals surface area contributed by atoms with E-state index >= 15 is 0 Å². The van der Waals surface area contributed by atoms with E-state index in [0.29, 0.717) is 24.2 Å². The fraction of sp³-hybridized carbons (Fsp3) is 0.429. The van der Waals surface area contributed by atoms with Gasteiger partial charge in [0.25, 0.3) is 0 Å². The molecule has 0 aromatic heterocycles. The molecule has 1 aromatic carbocycles. The van der Waals surface area contributed by atoms with Gasteiger partial charge in [0.15, 0.2) is 0 Å². The molecule has 1 saturated carbocycles. The Bertz CT molecular complexity index is 509. The predicted molar refractivity (Wildman–Crippen MR) is 74.0 cm³/mol. The van der Waals surface area contributed by atoms with E-state index in [1.807, 2.05) is 0 Å². The third kappa shape index (κ3) is 3.96. The van der Waals surface area contributed by atoms with Crippen LogP contribution in [-0.4, -0.2) is 28.8 Å². The molecule has 0 aliphatic heterocycles. The number of amides is 1. The maximum absolute atomic E-state index is 13.4. The van der Waals surface area contributed by atoms with Crippen LogP contribution in [0.2, 0.25) is 0 Å². The second-order valence-electron chi connectivity index (χ2n) is 4.83. The molecular weight excluding hydrogens is 281 g/mol. The number of hydrogen-bond donors (Lipinski definition) is 2. The standard InChI is InChI=1S/C14H16FNO3S/c15-11-3-1-2-4-12(11)20-8-13(17)16-10-6-5-9(7-10)14(18)19/h1-4,9-10H,5-8H2,(H,16,17)(H,18,19). The van der Waals surface area contributed by atoms with Gasteiger partial charge in [0.2, 0.25) is 5.91 Å². The van der Waals surface area contributed by atoms with Crippen molar-refractivity contribution in [2.24, 2.45) is 5.92 Å². The lowest BCUT2D eigenvalue weighted by atomic mass is 10.1. The topological polar surface area (TPSA) is 66.4 Å². The normalized spacial score (nSPS) is 21.6. The third-order valence-electron chi connectivity index (χ3n) is 3.34. The van der Waals surface area contributed by atoms with Crippen LogP contribution in [0.4, 0.5) is 4.39 Å². The molecule has 1 aliphatic rings. The van der Waals surface area contributed by atoms with Gasteiger partial charge < -0.3 is 10.4 Å². The van der Waals surface area contributed by atoms with Crippen molar-refractivity contribution in [1.29, 1.82) is 0 Å². The Kier molecular flexibility index (Phi) is 5.00. The van der Waals surface area contributed by atoms with Gasteiger partial charge in [0.1, 0.15) is 5.82 Å². The summed E-state index contributed by atoms with van der Waals surface area (Å²) in [5.74, 6) is -1.55. The smallest absolute Gasteiger partial charge is 0.306 e. The lowest BCUT2D eigenvalue weighted by molar-refractivity contribution is -0.141. The average molecular weight is 297 g/mol. The number of nitrogens with one attached hydrogen (secondary N) is 1. The van der Waals surface area contributed by atoms with Crippen LogP contribution in [0, 0.1) is 11.7 Å². The first-order valence-electron chi connectivity index (χ1n) is 6.45. The molecule has 0 spiro atoms. The number of carboxylic acids is 1. The number of hydrogen-bond acceptors (Lipinski definition) is 3. The van der Waals surface area contributed by atoms with Crippen molar-refractivity contribution in [3.63, 3.8) is 0 Å². The highest BCUT2D eigenvalue weighted by Gasteiger charge is 2.30. The van der Waals surface area contributed by atoms with Crippen molar-refractivity contribution in [2.75, 3.05) is 5.75 Å². The molecule has 2 unspecified atom stereocenters. The predicted octanol–water partition coefficient (Wildman–Crippen LogP) is 2.29. The minimum Gasteiger partial charge on any atom is -0.481 e. The van der Waals surface area contributed by atoms with E-state index in [9.17, 15) is 14.0 Å². The van der Waals surface area contributed by atoms with Gasteiger partial charge in [-0.05, 0) is 31.4 Å². The molecule has 20 heavy (non-hydrogen) atoms. The number of halogens is 1. The van der Waals surface area contributed by atoms with Gasteiger partial charge in [-0.15, -0.1) is 11.8 Å². The Balaban J connectivity index is 1.77. The fourth-order valence-electron chi connectivity index (χ4n) is 2.31. The van der Waals surface area contributed by atoms with Crippen molar-refractivity contribution in [2.45, 2.75) is 30.2 Å². The Morgan fingerprint density at radius 3 is 2.75 bits per heavy atom. The van der Waals surface area contributed by atoms with Crippen LogP contribution < -0.4 is 5.32 Å². The summed E-state index contributed by atoms with van der Waals surface area (Å²) in [6.07, 6.45) is 1.76. The monoisotopic (exact) mass is 297 g/mol. The summed E-state index contributed by atoms with van der Waals surface area (Å²) in [5, 5.41) is 11.7. The first kappa shape index (κ1) is 14.8. The molecule has 1 aromatic rings. The lowest BCUT2D eigenvalue weighted by Crippen LogP contribution is -2.34.